The van der Waals surface area contributed by atoms with Gasteiger partial charge in [-0.25, -0.2) is 0 Å². The van der Waals surface area contributed by atoms with Crippen molar-refractivity contribution in [1.29, 1.82) is 0 Å². The van der Waals surface area contributed by atoms with Gasteiger partial charge in [0, 0.05) is 25.4 Å². The number of fused-ring (bicyclic) bond motifs is 1. The fourth-order valence-corrected chi connectivity index (χ4v) is 6.47. The molecule has 3 aliphatic rings. The smallest absolute Gasteiger partial charge is 0.312 e. The van der Waals surface area contributed by atoms with Crippen LogP contribution < -0.4 is 4.90 Å². The molecule has 8 nitrogen and oxygen atoms in total. The number of benzene rings is 1. The highest BCUT2D eigenvalue weighted by atomic mass is 16.6. The maximum absolute atomic E-state index is 14.5. The first-order chi connectivity index (χ1) is 17.6. The Bertz CT molecular complexity index is 1100. The number of carbonyl (C=O) groups excluding carboxylic acids is 3. The van der Waals surface area contributed by atoms with Crippen LogP contribution in [0.2, 0.25) is 0 Å². The second-order valence-electron chi connectivity index (χ2n) is 10.6. The number of likely N-dealkylation sites (tertiary alicyclic amines) is 1. The number of ether oxygens (including phenoxy) is 2. The molecule has 1 spiro atoms. The summed E-state index contributed by atoms with van der Waals surface area (Å²) < 4.78 is 12.1. The molecular formula is C29H38N2O6. The predicted octanol–water partition coefficient (Wildman–Crippen LogP) is 3.09. The topological polar surface area (TPSA) is 96.4 Å². The van der Waals surface area contributed by atoms with Gasteiger partial charge in [-0.3, -0.25) is 14.4 Å². The number of hydrogen-bond donors (Lipinski definition) is 1. The van der Waals surface area contributed by atoms with Gasteiger partial charge in [0.15, 0.2) is 0 Å². The molecule has 200 valence electrons. The predicted molar refractivity (Wildman–Crippen MR) is 140 cm³/mol. The number of hydrogen-bond acceptors (Lipinski definition) is 6. The van der Waals surface area contributed by atoms with E-state index in [4.69, 9.17) is 9.47 Å². The average Bonchev–Trinajstić information content (AvgIpc) is 3.43. The number of esters is 1. The Hall–Kier alpha value is -2.97. The number of rotatable bonds is 11. The number of amides is 2. The first kappa shape index (κ1) is 27.1. The zero-order valence-electron chi connectivity index (χ0n) is 22.1. The van der Waals surface area contributed by atoms with Crippen molar-refractivity contribution in [3.05, 3.63) is 54.6 Å². The number of aryl methyl sites for hydroxylation is 2. The molecule has 37 heavy (non-hydrogen) atoms. The van der Waals surface area contributed by atoms with E-state index in [0.717, 1.165) is 16.8 Å². The van der Waals surface area contributed by atoms with Crippen LogP contribution in [0.5, 0.6) is 0 Å². The summed E-state index contributed by atoms with van der Waals surface area (Å²) in [5, 5.41) is 9.55. The molecule has 8 heteroatoms. The third kappa shape index (κ3) is 4.40. The first-order valence-electron chi connectivity index (χ1n) is 13.0. The van der Waals surface area contributed by atoms with Crippen molar-refractivity contribution in [2.75, 3.05) is 31.2 Å². The van der Waals surface area contributed by atoms with Crippen molar-refractivity contribution in [2.24, 2.45) is 11.8 Å². The van der Waals surface area contributed by atoms with Crippen LogP contribution in [0.15, 0.2) is 43.5 Å². The minimum Gasteiger partial charge on any atom is -0.465 e. The molecule has 0 saturated carbocycles. The van der Waals surface area contributed by atoms with Crippen molar-refractivity contribution in [3.8, 4) is 0 Å². The van der Waals surface area contributed by atoms with Crippen LogP contribution in [0, 0.1) is 25.7 Å². The van der Waals surface area contributed by atoms with Crippen molar-refractivity contribution in [3.63, 3.8) is 0 Å². The van der Waals surface area contributed by atoms with Crippen LogP contribution in [0.1, 0.15) is 43.7 Å². The van der Waals surface area contributed by atoms with Gasteiger partial charge in [0.2, 0.25) is 5.91 Å². The second kappa shape index (κ2) is 10.4. The summed E-state index contributed by atoms with van der Waals surface area (Å²) in [6.07, 6.45) is 5.18. The SMILES string of the molecule is C=CCCOC(=O)[C@H]1[C@H]2C(=O)N(CCCO)C(C(=O)N(CC=C)c3cc(C)ccc3C)C23CC[C@]1(C)O3. The van der Waals surface area contributed by atoms with Gasteiger partial charge in [0.1, 0.15) is 17.6 Å². The Balaban J connectivity index is 1.77. The minimum atomic E-state index is -1.14. The molecule has 1 aromatic carbocycles. The number of anilines is 1. The van der Waals surface area contributed by atoms with Gasteiger partial charge in [-0.05, 0) is 63.6 Å². The summed E-state index contributed by atoms with van der Waals surface area (Å²) in [7, 11) is 0. The average molecular weight is 511 g/mol. The summed E-state index contributed by atoms with van der Waals surface area (Å²) in [5.74, 6) is -2.66. The lowest BCUT2D eigenvalue weighted by Gasteiger charge is -2.37. The molecule has 1 N–H and O–H groups in total. The lowest BCUT2D eigenvalue weighted by atomic mass is 9.66. The van der Waals surface area contributed by atoms with E-state index in [-0.39, 0.29) is 38.1 Å². The third-order valence-corrected chi connectivity index (χ3v) is 8.12. The first-order valence-corrected chi connectivity index (χ1v) is 13.0. The number of aliphatic hydroxyl groups excluding tert-OH is 1. The summed E-state index contributed by atoms with van der Waals surface area (Å²) in [4.78, 5) is 44.9. The maximum Gasteiger partial charge on any atom is 0.312 e. The molecule has 3 aliphatic heterocycles. The van der Waals surface area contributed by atoms with Gasteiger partial charge >= 0.3 is 5.97 Å². The van der Waals surface area contributed by atoms with Crippen molar-refractivity contribution in [1.82, 2.24) is 4.90 Å². The molecule has 3 saturated heterocycles. The summed E-state index contributed by atoms with van der Waals surface area (Å²) in [6.45, 7) is 13.8. The molecule has 1 aromatic rings. The second-order valence-corrected chi connectivity index (χ2v) is 10.6. The lowest BCUT2D eigenvalue weighted by molar-refractivity contribution is -0.159. The standard InChI is InChI=1S/C29H38N2O6/c1-6-8-17-36-27(35)23-22-25(33)31(15-9-16-32)24(29(22)13-12-28(23,5)37-29)26(34)30(14-7-2)21-18-19(3)10-11-20(21)4/h6-7,10-11,18,22-24,32H,1-2,8-9,12-17H2,3-5H3/t22-,23+,24?,28-,29?/m0/s1. The van der Waals surface area contributed by atoms with Gasteiger partial charge in [-0.1, -0.05) is 24.3 Å². The van der Waals surface area contributed by atoms with Crippen molar-refractivity contribution < 1.29 is 29.0 Å². The van der Waals surface area contributed by atoms with Crippen LogP contribution in [-0.2, 0) is 23.9 Å². The number of nitrogens with zero attached hydrogens (tertiary/aromatic N) is 2. The van der Waals surface area contributed by atoms with Crippen LogP contribution in [0.3, 0.4) is 0 Å². The van der Waals surface area contributed by atoms with E-state index in [1.54, 1.807) is 17.1 Å². The molecule has 3 fully saturated rings. The summed E-state index contributed by atoms with van der Waals surface area (Å²) in [5.41, 5.74) is 0.644. The van der Waals surface area contributed by atoms with E-state index in [1.165, 1.54) is 4.90 Å². The van der Waals surface area contributed by atoms with Crippen LogP contribution in [0.4, 0.5) is 5.69 Å². The van der Waals surface area contributed by atoms with Gasteiger partial charge in [-0.15, -0.1) is 13.2 Å². The highest BCUT2D eigenvalue weighted by Gasteiger charge is 2.78. The van der Waals surface area contributed by atoms with E-state index in [9.17, 15) is 19.5 Å². The lowest BCUT2D eigenvalue weighted by Crippen LogP contribution is -2.56. The fraction of sp³-hybridized carbons (Fsp3) is 0.552. The summed E-state index contributed by atoms with van der Waals surface area (Å²) in [6, 6.07) is 4.98. The number of aliphatic hydroxyl groups is 1. The van der Waals surface area contributed by atoms with Crippen LogP contribution >= 0.6 is 0 Å². The number of carbonyl (C=O) groups is 3. The molecule has 0 radical (unpaired) electrons. The molecule has 3 heterocycles. The van der Waals surface area contributed by atoms with Gasteiger partial charge in [0.05, 0.1) is 18.1 Å². The maximum atomic E-state index is 14.5. The third-order valence-electron chi connectivity index (χ3n) is 8.12. The van der Waals surface area contributed by atoms with Crippen molar-refractivity contribution >= 4 is 23.5 Å². The fourth-order valence-electron chi connectivity index (χ4n) is 6.47. The van der Waals surface area contributed by atoms with E-state index in [0.29, 0.717) is 25.7 Å². The monoisotopic (exact) mass is 510 g/mol. The minimum absolute atomic E-state index is 0.124. The molecule has 2 bridgehead atoms. The Labute approximate surface area is 218 Å². The highest BCUT2D eigenvalue weighted by Crippen LogP contribution is 2.63. The zero-order valence-corrected chi connectivity index (χ0v) is 22.1. The Kier molecular flexibility index (Phi) is 7.62. The van der Waals surface area contributed by atoms with Gasteiger partial charge in [0.25, 0.3) is 5.91 Å². The Morgan fingerprint density at radius 1 is 1.27 bits per heavy atom. The highest BCUT2D eigenvalue weighted by molar-refractivity contribution is 6.05. The van der Waals surface area contributed by atoms with Crippen molar-refractivity contribution in [2.45, 2.75) is 63.7 Å². The van der Waals surface area contributed by atoms with Gasteiger partial charge in [-0.2, -0.15) is 0 Å². The largest absolute Gasteiger partial charge is 0.465 e. The Morgan fingerprint density at radius 3 is 2.70 bits per heavy atom. The normalized spacial score (nSPS) is 29.8. The van der Waals surface area contributed by atoms with E-state index >= 15 is 0 Å². The summed E-state index contributed by atoms with van der Waals surface area (Å²) >= 11 is 0. The molecule has 2 amide bonds. The van der Waals surface area contributed by atoms with Crippen LogP contribution in [0.25, 0.3) is 0 Å². The molecular weight excluding hydrogens is 472 g/mol. The molecule has 5 atom stereocenters. The van der Waals surface area contributed by atoms with Gasteiger partial charge < -0.3 is 24.4 Å². The molecule has 0 aliphatic carbocycles. The van der Waals surface area contributed by atoms with E-state index in [2.05, 4.69) is 13.2 Å². The Morgan fingerprint density at radius 2 is 2.03 bits per heavy atom. The van der Waals surface area contributed by atoms with E-state index in [1.807, 2.05) is 39.0 Å². The van der Waals surface area contributed by atoms with E-state index < -0.39 is 35.0 Å². The quantitative estimate of drug-likeness (QED) is 0.279. The zero-order chi connectivity index (χ0) is 27.0. The molecule has 4 rings (SSSR count). The molecule has 0 aromatic heterocycles. The van der Waals surface area contributed by atoms with Crippen LogP contribution in [-0.4, -0.2) is 71.3 Å². The molecule has 2 unspecified atom stereocenters.